The van der Waals surface area contributed by atoms with Gasteiger partial charge in [0.05, 0.1) is 5.69 Å². The minimum atomic E-state index is -0.272. The zero-order valence-electron chi connectivity index (χ0n) is 9.43. The summed E-state index contributed by atoms with van der Waals surface area (Å²) in [5, 5.41) is 7.67. The summed E-state index contributed by atoms with van der Waals surface area (Å²) >= 11 is 0. The van der Waals surface area contributed by atoms with Gasteiger partial charge in [-0.05, 0) is 24.6 Å². The lowest BCUT2D eigenvalue weighted by molar-refractivity contribution is 0.111. The minimum absolute atomic E-state index is 0.272. The maximum Gasteiger partial charge on any atom is 0.172 e. The number of benzene rings is 1. The summed E-state index contributed by atoms with van der Waals surface area (Å²) < 4.78 is 14.4. The van der Waals surface area contributed by atoms with Crippen molar-refractivity contribution >= 4 is 6.29 Å². The zero-order chi connectivity index (χ0) is 12.3. The van der Waals surface area contributed by atoms with Crippen LogP contribution in [0, 0.1) is 5.82 Å². The van der Waals surface area contributed by atoms with Gasteiger partial charge in [-0.3, -0.25) is 4.79 Å². The van der Waals surface area contributed by atoms with Crippen molar-refractivity contribution in [3.05, 3.63) is 47.0 Å². The van der Waals surface area contributed by atoms with Crippen molar-refractivity contribution < 1.29 is 9.18 Å². The number of halogens is 1. The monoisotopic (exact) mass is 233 g/mol. The highest BCUT2D eigenvalue weighted by Crippen LogP contribution is 2.12. The van der Waals surface area contributed by atoms with Gasteiger partial charge in [0, 0.05) is 13.0 Å². The standard InChI is InChI=1S/C12H12FN3O/c1-2-16-12(11(8-17)14-15-16)7-9-3-5-10(13)6-4-9/h3-6,8H,2,7H2,1H3. The SMILES string of the molecule is CCn1nnc(C=O)c1Cc1ccc(F)cc1. The van der Waals surface area contributed by atoms with Gasteiger partial charge in [-0.2, -0.15) is 0 Å². The molecule has 0 fully saturated rings. The van der Waals surface area contributed by atoms with Crippen molar-refractivity contribution in [1.82, 2.24) is 15.0 Å². The highest BCUT2D eigenvalue weighted by Gasteiger charge is 2.11. The maximum atomic E-state index is 12.8. The van der Waals surface area contributed by atoms with Crippen molar-refractivity contribution in [2.24, 2.45) is 0 Å². The van der Waals surface area contributed by atoms with Crippen LogP contribution in [0.25, 0.3) is 0 Å². The molecule has 0 unspecified atom stereocenters. The fourth-order valence-corrected chi connectivity index (χ4v) is 1.67. The highest BCUT2D eigenvalue weighted by atomic mass is 19.1. The lowest BCUT2D eigenvalue weighted by atomic mass is 10.1. The Bertz CT molecular complexity index is 519. The van der Waals surface area contributed by atoms with Gasteiger partial charge in [0.1, 0.15) is 11.5 Å². The molecule has 0 spiro atoms. The van der Waals surface area contributed by atoms with Gasteiger partial charge in [0.25, 0.3) is 0 Å². The summed E-state index contributed by atoms with van der Waals surface area (Å²) in [4.78, 5) is 10.8. The first-order chi connectivity index (χ1) is 8.24. The van der Waals surface area contributed by atoms with Crippen LogP contribution in [-0.4, -0.2) is 21.3 Å². The molecule has 0 saturated carbocycles. The van der Waals surface area contributed by atoms with E-state index in [1.165, 1.54) is 12.1 Å². The van der Waals surface area contributed by atoms with Crippen molar-refractivity contribution in [3.63, 3.8) is 0 Å². The van der Waals surface area contributed by atoms with Crippen molar-refractivity contribution in [2.75, 3.05) is 0 Å². The molecule has 0 bridgehead atoms. The Morgan fingerprint density at radius 1 is 1.35 bits per heavy atom. The third-order valence-electron chi connectivity index (χ3n) is 2.56. The Labute approximate surface area is 98.1 Å². The van der Waals surface area contributed by atoms with E-state index in [9.17, 15) is 9.18 Å². The first kappa shape index (κ1) is 11.4. The van der Waals surface area contributed by atoms with Crippen LogP contribution in [0.5, 0.6) is 0 Å². The van der Waals surface area contributed by atoms with E-state index in [2.05, 4.69) is 10.3 Å². The summed E-state index contributed by atoms with van der Waals surface area (Å²) in [6.07, 6.45) is 1.22. The molecule has 0 amide bonds. The molecule has 0 radical (unpaired) electrons. The van der Waals surface area contributed by atoms with E-state index in [1.54, 1.807) is 16.8 Å². The van der Waals surface area contributed by atoms with E-state index in [0.29, 0.717) is 24.9 Å². The van der Waals surface area contributed by atoms with Gasteiger partial charge in [0.15, 0.2) is 6.29 Å². The number of aryl methyl sites for hydroxylation is 1. The average Bonchev–Trinajstić information content (AvgIpc) is 2.74. The second-order valence-electron chi connectivity index (χ2n) is 3.66. The molecule has 1 heterocycles. The normalized spacial score (nSPS) is 10.5. The van der Waals surface area contributed by atoms with E-state index >= 15 is 0 Å². The first-order valence-electron chi connectivity index (χ1n) is 5.36. The Morgan fingerprint density at radius 2 is 2.06 bits per heavy atom. The molecule has 0 N–H and O–H groups in total. The van der Waals surface area contributed by atoms with Crippen LogP contribution in [0.1, 0.15) is 28.7 Å². The van der Waals surface area contributed by atoms with E-state index < -0.39 is 0 Å². The molecule has 2 rings (SSSR count). The van der Waals surface area contributed by atoms with Gasteiger partial charge in [-0.25, -0.2) is 9.07 Å². The molecule has 4 nitrogen and oxygen atoms in total. The number of rotatable bonds is 4. The van der Waals surface area contributed by atoms with E-state index in [1.807, 2.05) is 6.92 Å². The number of hydrogen-bond acceptors (Lipinski definition) is 3. The number of hydrogen-bond donors (Lipinski definition) is 0. The van der Waals surface area contributed by atoms with Crippen LogP contribution >= 0.6 is 0 Å². The number of aldehydes is 1. The molecule has 2 aromatic rings. The predicted octanol–water partition coefficient (Wildman–Crippen LogP) is 1.84. The van der Waals surface area contributed by atoms with Crippen LogP contribution < -0.4 is 0 Å². The summed E-state index contributed by atoms with van der Waals surface area (Å²) in [5.74, 6) is -0.272. The predicted molar refractivity (Wildman–Crippen MR) is 60.3 cm³/mol. The fraction of sp³-hybridized carbons (Fsp3) is 0.250. The molecule has 0 aliphatic rings. The summed E-state index contributed by atoms with van der Waals surface area (Å²) in [6, 6.07) is 6.18. The number of carbonyl (C=O) groups excluding carboxylic acids is 1. The molecule has 1 aromatic heterocycles. The van der Waals surface area contributed by atoms with E-state index in [4.69, 9.17) is 0 Å². The van der Waals surface area contributed by atoms with Crippen LogP contribution in [0.15, 0.2) is 24.3 Å². The van der Waals surface area contributed by atoms with Crippen LogP contribution in [0.4, 0.5) is 4.39 Å². The van der Waals surface area contributed by atoms with Gasteiger partial charge < -0.3 is 0 Å². The molecule has 0 aliphatic heterocycles. The molecule has 0 aliphatic carbocycles. The van der Waals surface area contributed by atoms with Crippen LogP contribution in [-0.2, 0) is 13.0 Å². The Kier molecular flexibility index (Phi) is 3.27. The molecule has 1 aromatic carbocycles. The van der Waals surface area contributed by atoms with Gasteiger partial charge in [-0.1, -0.05) is 17.3 Å². The minimum Gasteiger partial charge on any atom is -0.296 e. The number of aromatic nitrogens is 3. The molecule has 5 heteroatoms. The molecular formula is C12H12FN3O. The summed E-state index contributed by atoms with van der Waals surface area (Å²) in [5.41, 5.74) is 2.02. The Hall–Kier alpha value is -2.04. The summed E-state index contributed by atoms with van der Waals surface area (Å²) in [7, 11) is 0. The third-order valence-corrected chi connectivity index (χ3v) is 2.56. The van der Waals surface area contributed by atoms with Crippen LogP contribution in [0.2, 0.25) is 0 Å². The average molecular weight is 233 g/mol. The topological polar surface area (TPSA) is 47.8 Å². The van der Waals surface area contributed by atoms with Crippen molar-refractivity contribution in [1.29, 1.82) is 0 Å². The quantitative estimate of drug-likeness (QED) is 0.757. The van der Waals surface area contributed by atoms with Gasteiger partial charge in [0.2, 0.25) is 0 Å². The first-order valence-corrected chi connectivity index (χ1v) is 5.36. The molecular weight excluding hydrogens is 221 g/mol. The van der Waals surface area contributed by atoms with Crippen molar-refractivity contribution in [3.8, 4) is 0 Å². The Morgan fingerprint density at radius 3 is 2.65 bits per heavy atom. The van der Waals surface area contributed by atoms with Gasteiger partial charge in [-0.15, -0.1) is 5.10 Å². The maximum absolute atomic E-state index is 12.8. The second-order valence-corrected chi connectivity index (χ2v) is 3.66. The summed E-state index contributed by atoms with van der Waals surface area (Å²) in [6.45, 7) is 2.58. The second kappa shape index (κ2) is 4.86. The van der Waals surface area contributed by atoms with Crippen LogP contribution in [0.3, 0.4) is 0 Å². The third kappa shape index (κ3) is 2.38. The molecule has 17 heavy (non-hydrogen) atoms. The fourth-order valence-electron chi connectivity index (χ4n) is 1.67. The lowest BCUT2D eigenvalue weighted by Crippen LogP contribution is -2.05. The lowest BCUT2D eigenvalue weighted by Gasteiger charge is -2.04. The number of nitrogens with zero attached hydrogens (tertiary/aromatic N) is 3. The molecule has 88 valence electrons. The Balaban J connectivity index is 2.31. The zero-order valence-corrected chi connectivity index (χ0v) is 9.43. The molecule has 0 saturated heterocycles. The highest BCUT2D eigenvalue weighted by molar-refractivity contribution is 5.73. The van der Waals surface area contributed by atoms with Crippen molar-refractivity contribution in [2.45, 2.75) is 19.9 Å². The largest absolute Gasteiger partial charge is 0.296 e. The van der Waals surface area contributed by atoms with E-state index in [0.717, 1.165) is 11.3 Å². The number of carbonyl (C=O) groups is 1. The van der Waals surface area contributed by atoms with E-state index in [-0.39, 0.29) is 5.82 Å². The smallest absolute Gasteiger partial charge is 0.172 e. The molecule has 0 atom stereocenters. The van der Waals surface area contributed by atoms with Gasteiger partial charge >= 0.3 is 0 Å².